The molecule has 2 fully saturated rings. The molecule has 12 atom stereocenters. The van der Waals surface area contributed by atoms with Crippen LogP contribution in [0.25, 0.3) is 22.3 Å². The summed E-state index contributed by atoms with van der Waals surface area (Å²) in [5.41, 5.74) is -20.6. The third kappa shape index (κ3) is 13.7. The van der Waals surface area contributed by atoms with E-state index in [1.54, 1.807) is 0 Å². The maximum atomic E-state index is 15.9. The zero-order valence-electron chi connectivity index (χ0n) is 65.9. The van der Waals surface area contributed by atoms with Crippen molar-refractivity contribution in [3.63, 3.8) is 0 Å². The Bertz CT molecular complexity index is 6890. The van der Waals surface area contributed by atoms with Gasteiger partial charge in [-0.05, 0) is 54.6 Å². The van der Waals surface area contributed by atoms with Gasteiger partial charge in [0, 0.05) is 46.0 Å². The molecular formula is C82H54O53. The molecule has 12 unspecified atom stereocenters. The van der Waals surface area contributed by atoms with Crippen molar-refractivity contribution in [1.29, 1.82) is 0 Å². The Balaban J connectivity index is 0.861. The fourth-order valence-corrected chi connectivity index (χ4v) is 15.7. The Hall–Kier alpha value is -18.5. The third-order valence-electron chi connectivity index (χ3n) is 22.2. The van der Waals surface area contributed by atoms with Crippen molar-refractivity contribution in [2.24, 2.45) is 0 Å². The normalized spacial score (nSPS) is 23.1. The largest absolute Gasteiger partial charge is 0.504 e. The molecular weight excluding hydrogens is 1830 g/mol. The highest BCUT2D eigenvalue weighted by Crippen LogP contribution is 2.63. The molecule has 9 aromatic rings. The lowest BCUT2D eigenvalue weighted by molar-refractivity contribution is -0.323. The predicted molar refractivity (Wildman–Crippen MR) is 409 cm³/mol. The number of fused-ring (bicyclic) bond motifs is 11. The van der Waals surface area contributed by atoms with Crippen molar-refractivity contribution in [3.05, 3.63) is 134 Å². The van der Waals surface area contributed by atoms with Gasteiger partial charge in [0.1, 0.15) is 36.5 Å². The first kappa shape index (κ1) is 88.5. The van der Waals surface area contributed by atoms with Gasteiger partial charge in [-0.15, -0.1) is 0 Å². The van der Waals surface area contributed by atoms with Crippen LogP contribution < -0.4 is 14.2 Å². The Labute approximate surface area is 739 Å². The van der Waals surface area contributed by atoms with Gasteiger partial charge in [0.2, 0.25) is 82.3 Å². The molecule has 700 valence electrons. The summed E-state index contributed by atoms with van der Waals surface area (Å²) >= 11 is 0. The van der Waals surface area contributed by atoms with Gasteiger partial charge in [-0.2, -0.15) is 0 Å². The molecule has 135 heavy (non-hydrogen) atoms. The highest BCUT2D eigenvalue weighted by molar-refractivity contribution is 6.12. The number of ether oxygens (including phenoxy) is 15. The maximum Gasteiger partial charge on any atom is 0.344 e. The van der Waals surface area contributed by atoms with Gasteiger partial charge in [0.05, 0.1) is 50.4 Å². The van der Waals surface area contributed by atoms with Crippen LogP contribution in [0.1, 0.15) is 105 Å². The molecule has 1 aliphatic carbocycles. The summed E-state index contributed by atoms with van der Waals surface area (Å²) in [6.45, 7) is -3.37. The highest BCUT2D eigenvalue weighted by Gasteiger charge is 2.71. The van der Waals surface area contributed by atoms with Gasteiger partial charge in [-0.3, -0.25) is 4.79 Å². The molecule has 53 nitrogen and oxygen atoms in total. The van der Waals surface area contributed by atoms with Crippen LogP contribution in [0, 0.1) is 0 Å². The van der Waals surface area contributed by atoms with Gasteiger partial charge >= 0.3 is 59.7 Å². The van der Waals surface area contributed by atoms with Crippen LogP contribution >= 0.6 is 0 Å². The number of phenols is 24. The predicted octanol–water partition coefficient (Wildman–Crippen LogP) is 1.37. The van der Waals surface area contributed by atoms with Crippen LogP contribution in [0.4, 0.5) is 0 Å². The number of ketones is 1. The van der Waals surface area contributed by atoms with Gasteiger partial charge in [-0.1, -0.05) is 0 Å². The van der Waals surface area contributed by atoms with Crippen LogP contribution in [-0.2, 0) is 66.4 Å². The molecule has 0 saturated carbocycles. The smallest absolute Gasteiger partial charge is 0.344 e. The lowest BCUT2D eigenvalue weighted by atomic mass is 9.74. The monoisotopic (exact) mass is 1890 g/mol. The van der Waals surface area contributed by atoms with Crippen LogP contribution in [-0.4, -0.2) is 290 Å². The Kier molecular flexibility index (Phi) is 20.4. The molecule has 53 heteroatoms. The maximum absolute atomic E-state index is 15.9. The summed E-state index contributed by atoms with van der Waals surface area (Å²) in [5.74, 6) is -80.5. The van der Waals surface area contributed by atoms with Gasteiger partial charge in [-0.25, -0.2) is 47.9 Å². The van der Waals surface area contributed by atoms with Crippen molar-refractivity contribution in [2.45, 2.75) is 78.9 Å². The molecule has 4 bridgehead atoms. The van der Waals surface area contributed by atoms with Gasteiger partial charge < -0.3 is 209 Å². The number of cyclic esters (lactones) is 2. The van der Waals surface area contributed by atoms with E-state index in [9.17, 15) is 157 Å². The minimum absolute atomic E-state index is 0.0555. The summed E-state index contributed by atoms with van der Waals surface area (Å²) < 4.78 is 87.1. The lowest BCUT2D eigenvalue weighted by Gasteiger charge is -2.44. The van der Waals surface area contributed by atoms with E-state index in [0.29, 0.717) is 36.4 Å². The van der Waals surface area contributed by atoms with E-state index in [1.807, 2.05) is 0 Å². The molecule has 0 radical (unpaired) electrons. The standard InChI is InChI=1S/C82H54O53/c83-25-1-15(2-26(84)45(25)94)69(108)129-65-62-36(13-121-71(110)17-5-29(87)47(96)53(102)39(17)40-18(73(112)127-62)6-30(88)48(97)54(40)103)125-80-67(65)132-77(116)23-9-32(90)50(99)57(106)59(23)123-35-11-21-42(56(105)61(35)126-60-24(78(117)134-80)10-33(91)51(100)58(60)107)41-19(7-31(89)49(98)55(41)104)74(113)130-66-63-37(14-122-72(21)111)124-79(133-70(109)16-3-27(85)46(95)28(86)4-16)68(66)131-75(114)20-8-34(92)52(101)64-43(20)44-22(76(115)128-63)12-38(93)81(118,119)82(44,120)135-64/h1-12,36-37,44,62-63,65-68,79-80,83-92,94-107,118-120H,13-14H2. The zero-order valence-corrected chi connectivity index (χ0v) is 65.9. The molecule has 8 aliphatic rings. The first-order valence-electron chi connectivity index (χ1n) is 37.7. The van der Waals surface area contributed by atoms with Crippen LogP contribution in [0.2, 0.25) is 0 Å². The van der Waals surface area contributed by atoms with Crippen molar-refractivity contribution in [2.75, 3.05) is 13.2 Å². The van der Waals surface area contributed by atoms with E-state index >= 15 is 33.6 Å². The minimum Gasteiger partial charge on any atom is -0.504 e. The molecule has 7 aliphatic heterocycles. The first-order chi connectivity index (χ1) is 63.5. The summed E-state index contributed by atoms with van der Waals surface area (Å²) in [4.78, 5) is 166. The average molecular weight is 1890 g/mol. The highest BCUT2D eigenvalue weighted by atomic mass is 16.8. The molecule has 0 aromatic heterocycles. The van der Waals surface area contributed by atoms with Crippen LogP contribution in [0.15, 0.2) is 78.4 Å². The molecule has 27 N–H and O–H groups in total. The summed E-state index contributed by atoms with van der Waals surface area (Å²) in [5, 5.41) is 305. The number of carbonyl (C=O) groups is 11. The lowest BCUT2D eigenvalue weighted by Crippen LogP contribution is -2.66. The number of aromatic hydroxyl groups is 24. The Morgan fingerprint density at radius 3 is 1.19 bits per heavy atom. The fraction of sp³-hybridized carbons (Fsp3) is 0.183. The summed E-state index contributed by atoms with van der Waals surface area (Å²) in [6.07, 6.45) is -29.0. The summed E-state index contributed by atoms with van der Waals surface area (Å²) in [6, 6.07) is 2.82. The molecule has 0 amide bonds. The molecule has 0 spiro atoms. The van der Waals surface area contributed by atoms with E-state index in [0.717, 1.165) is 0 Å². The number of carbonyl (C=O) groups excluding carboxylic acids is 11. The number of hydrogen-bond donors (Lipinski definition) is 27. The second kappa shape index (κ2) is 31.1. The average Bonchev–Trinajstić information content (AvgIpc) is 1.53. The van der Waals surface area contributed by atoms with E-state index in [2.05, 4.69) is 0 Å². The number of rotatable bonds is 4. The van der Waals surface area contributed by atoms with E-state index in [1.165, 1.54) is 0 Å². The zero-order chi connectivity index (χ0) is 97.6. The van der Waals surface area contributed by atoms with Crippen molar-refractivity contribution in [1.82, 2.24) is 0 Å². The second-order valence-corrected chi connectivity index (χ2v) is 30.1. The van der Waals surface area contributed by atoms with Crippen LogP contribution in [0.3, 0.4) is 0 Å². The minimum atomic E-state index is -4.25. The van der Waals surface area contributed by atoms with E-state index in [-0.39, 0.29) is 36.4 Å². The van der Waals surface area contributed by atoms with Crippen LogP contribution in [0.5, 0.6) is 167 Å². The number of hydrogen-bond acceptors (Lipinski definition) is 53. The second-order valence-electron chi connectivity index (χ2n) is 30.1. The molecule has 7 heterocycles. The number of phenolic OH excluding ortho intramolecular Hbond substituents is 24. The Morgan fingerprint density at radius 1 is 0.319 bits per heavy atom. The molecule has 17 rings (SSSR count). The van der Waals surface area contributed by atoms with E-state index in [4.69, 9.17) is 71.1 Å². The first-order valence-corrected chi connectivity index (χ1v) is 37.7. The molecule has 9 aromatic carbocycles. The van der Waals surface area contributed by atoms with Crippen molar-refractivity contribution in [3.8, 4) is 189 Å². The summed E-state index contributed by atoms with van der Waals surface area (Å²) in [7, 11) is 0. The fourth-order valence-electron chi connectivity index (χ4n) is 15.7. The van der Waals surface area contributed by atoms with Crippen molar-refractivity contribution < 1.29 is 262 Å². The van der Waals surface area contributed by atoms with Gasteiger partial charge in [0.15, 0.2) is 139 Å². The van der Waals surface area contributed by atoms with E-state index < -0.39 is 408 Å². The SMILES string of the molecule is O=C1OC2C3COC(=O)c4cc5c(c(O)c4-c4c(cc(O)c(O)c4O)C(=O)OC2C(OC(=O)c2cc(O)c(O)c4c2C2C1=CC(=O)C(O)(O)C2(O)O4)C(OC(=O)c1cc(O)c(O)c(O)c1)O3)Oc1c(cc(O)c(O)c1O)C(=O)OC1OC2COC(=O)c3cc(O)c(O)c(O)c3-c3c(cc(O)c(O)c3O)C(=O)OC2C(OC(=O)c2cc(O)c(O)c(O)c2)C1OC(=O)c1cc(O)c(O)c(O)c1O5. The third-order valence-corrected chi connectivity index (χ3v) is 22.2. The number of aliphatic hydroxyl groups is 3. The Morgan fingerprint density at radius 2 is 0.689 bits per heavy atom. The topological polar surface area (TPSA) is 872 Å². The number of benzene rings is 9. The number of esters is 10. The quantitative estimate of drug-likeness (QED) is 0.0512. The molecule has 2 saturated heterocycles. The van der Waals surface area contributed by atoms with Gasteiger partial charge in [0.25, 0.3) is 11.6 Å². The van der Waals surface area contributed by atoms with Crippen molar-refractivity contribution >= 4 is 65.5 Å².